The molecule has 1 heteroatoms. The van der Waals surface area contributed by atoms with E-state index in [1.807, 2.05) is 0 Å². The second-order valence-corrected chi connectivity index (χ2v) is 3.20. The molecule has 1 atom stereocenters. The van der Waals surface area contributed by atoms with Crippen molar-refractivity contribution in [3.05, 3.63) is 11.6 Å². The van der Waals surface area contributed by atoms with Crippen LogP contribution >= 0.6 is 0 Å². The van der Waals surface area contributed by atoms with Crippen LogP contribution < -0.4 is 0 Å². The third-order valence-corrected chi connectivity index (χ3v) is 2.08. The van der Waals surface area contributed by atoms with E-state index >= 15 is 0 Å². The molecule has 0 spiro atoms. The van der Waals surface area contributed by atoms with Crippen LogP contribution in [0.4, 0.5) is 0 Å². The maximum absolute atomic E-state index is 5.60. The van der Waals surface area contributed by atoms with Gasteiger partial charge in [0.05, 0.1) is 6.10 Å². The van der Waals surface area contributed by atoms with Gasteiger partial charge in [-0.15, -0.1) is 0 Å². The van der Waals surface area contributed by atoms with Gasteiger partial charge < -0.3 is 4.74 Å². The summed E-state index contributed by atoms with van der Waals surface area (Å²) in [7, 11) is 0. The van der Waals surface area contributed by atoms with Crippen molar-refractivity contribution in [1.82, 2.24) is 0 Å². The number of hydrogen-bond acceptors (Lipinski definition) is 1. The Labute approximate surface area is 69.4 Å². The Hall–Kier alpha value is -0.300. The Kier molecular flexibility index (Phi) is 3.64. The van der Waals surface area contributed by atoms with Crippen LogP contribution in [0.25, 0.3) is 0 Å². The lowest BCUT2D eigenvalue weighted by molar-refractivity contribution is 0.0893. The SMILES string of the molecule is CCCCCOC(C)C1=CC1. The summed E-state index contributed by atoms with van der Waals surface area (Å²) in [5.41, 5.74) is 1.49. The Morgan fingerprint density at radius 2 is 2.27 bits per heavy atom. The van der Waals surface area contributed by atoms with Gasteiger partial charge in [0.15, 0.2) is 0 Å². The highest BCUT2D eigenvalue weighted by molar-refractivity contribution is 5.25. The molecule has 0 saturated carbocycles. The lowest BCUT2D eigenvalue weighted by atomic mass is 10.2. The van der Waals surface area contributed by atoms with Crippen molar-refractivity contribution in [3.8, 4) is 0 Å². The second-order valence-electron chi connectivity index (χ2n) is 3.20. The fourth-order valence-corrected chi connectivity index (χ4v) is 1.11. The Bertz CT molecular complexity index is 138. The molecule has 1 aliphatic carbocycles. The normalized spacial score (nSPS) is 17.8. The maximum Gasteiger partial charge on any atom is 0.0759 e. The molecule has 0 bridgehead atoms. The van der Waals surface area contributed by atoms with E-state index in [2.05, 4.69) is 19.9 Å². The van der Waals surface area contributed by atoms with Crippen LogP contribution in [0.1, 0.15) is 39.5 Å². The summed E-state index contributed by atoms with van der Waals surface area (Å²) in [6, 6.07) is 0. The molecule has 1 rings (SSSR count). The van der Waals surface area contributed by atoms with Crippen molar-refractivity contribution in [3.63, 3.8) is 0 Å². The van der Waals surface area contributed by atoms with Gasteiger partial charge in [0.2, 0.25) is 0 Å². The molecule has 64 valence electrons. The third kappa shape index (κ3) is 3.57. The first-order valence-corrected chi connectivity index (χ1v) is 4.65. The fraction of sp³-hybridized carbons (Fsp3) is 0.800. The number of unbranched alkanes of at least 4 members (excludes halogenated alkanes) is 2. The van der Waals surface area contributed by atoms with E-state index in [4.69, 9.17) is 4.74 Å². The van der Waals surface area contributed by atoms with E-state index in [-0.39, 0.29) is 0 Å². The largest absolute Gasteiger partial charge is 0.374 e. The molecule has 11 heavy (non-hydrogen) atoms. The maximum atomic E-state index is 5.60. The first-order valence-electron chi connectivity index (χ1n) is 4.65. The van der Waals surface area contributed by atoms with E-state index in [1.54, 1.807) is 0 Å². The summed E-state index contributed by atoms with van der Waals surface area (Å²) in [5, 5.41) is 0. The first-order chi connectivity index (χ1) is 5.34. The highest BCUT2D eigenvalue weighted by atomic mass is 16.5. The van der Waals surface area contributed by atoms with Crippen molar-refractivity contribution in [2.75, 3.05) is 6.61 Å². The lowest BCUT2D eigenvalue weighted by Gasteiger charge is -2.08. The zero-order valence-electron chi connectivity index (χ0n) is 7.60. The Morgan fingerprint density at radius 1 is 1.55 bits per heavy atom. The summed E-state index contributed by atoms with van der Waals surface area (Å²) in [6.07, 6.45) is 7.62. The zero-order valence-corrected chi connectivity index (χ0v) is 7.60. The van der Waals surface area contributed by atoms with Crippen molar-refractivity contribution in [2.24, 2.45) is 0 Å². The molecule has 0 aliphatic heterocycles. The summed E-state index contributed by atoms with van der Waals surface area (Å²) in [4.78, 5) is 0. The second kappa shape index (κ2) is 4.55. The van der Waals surface area contributed by atoms with E-state index in [0.717, 1.165) is 6.61 Å². The van der Waals surface area contributed by atoms with Gasteiger partial charge in [-0.2, -0.15) is 0 Å². The minimum atomic E-state index is 0.395. The molecule has 0 amide bonds. The first kappa shape index (κ1) is 8.79. The standard InChI is InChI=1S/C10H18O/c1-3-4-5-8-11-9(2)10-6-7-10/h6,9H,3-5,7-8H2,1-2H3. The number of rotatable bonds is 6. The quantitative estimate of drug-likeness (QED) is 0.422. The molecule has 0 aromatic heterocycles. The summed E-state index contributed by atoms with van der Waals surface area (Å²) in [6.45, 7) is 5.30. The van der Waals surface area contributed by atoms with Gasteiger partial charge >= 0.3 is 0 Å². The minimum absolute atomic E-state index is 0.395. The molecule has 0 N–H and O–H groups in total. The highest BCUT2D eigenvalue weighted by Gasteiger charge is 2.15. The van der Waals surface area contributed by atoms with Crippen LogP contribution in [0.3, 0.4) is 0 Å². The van der Waals surface area contributed by atoms with Gasteiger partial charge in [-0.25, -0.2) is 0 Å². The summed E-state index contributed by atoms with van der Waals surface area (Å²) >= 11 is 0. The number of ether oxygens (including phenoxy) is 1. The van der Waals surface area contributed by atoms with Crippen LogP contribution in [-0.4, -0.2) is 12.7 Å². The van der Waals surface area contributed by atoms with Gasteiger partial charge in [0.25, 0.3) is 0 Å². The molecule has 0 radical (unpaired) electrons. The zero-order chi connectivity index (χ0) is 8.10. The van der Waals surface area contributed by atoms with E-state index in [1.165, 1.54) is 31.3 Å². The van der Waals surface area contributed by atoms with Gasteiger partial charge in [-0.05, 0) is 25.3 Å². The molecular weight excluding hydrogens is 136 g/mol. The predicted molar refractivity (Wildman–Crippen MR) is 47.6 cm³/mol. The Balaban J connectivity index is 1.89. The molecule has 0 fully saturated rings. The summed E-state index contributed by atoms with van der Waals surface area (Å²) in [5.74, 6) is 0. The molecule has 1 unspecified atom stereocenters. The lowest BCUT2D eigenvalue weighted by Crippen LogP contribution is -2.07. The molecule has 1 nitrogen and oxygen atoms in total. The van der Waals surface area contributed by atoms with E-state index < -0.39 is 0 Å². The predicted octanol–water partition coefficient (Wildman–Crippen LogP) is 2.91. The van der Waals surface area contributed by atoms with Crippen LogP contribution in [0.2, 0.25) is 0 Å². The van der Waals surface area contributed by atoms with Crippen molar-refractivity contribution in [1.29, 1.82) is 0 Å². The topological polar surface area (TPSA) is 9.23 Å². The van der Waals surface area contributed by atoms with E-state index in [9.17, 15) is 0 Å². The number of allylic oxidation sites excluding steroid dienone is 1. The smallest absolute Gasteiger partial charge is 0.0759 e. The molecule has 0 heterocycles. The average Bonchev–Trinajstić information content (AvgIpc) is 2.79. The fourth-order valence-electron chi connectivity index (χ4n) is 1.11. The van der Waals surface area contributed by atoms with Crippen LogP contribution in [0.15, 0.2) is 11.6 Å². The molecule has 0 saturated heterocycles. The average molecular weight is 154 g/mol. The molecule has 0 aromatic rings. The Morgan fingerprint density at radius 3 is 2.82 bits per heavy atom. The van der Waals surface area contributed by atoms with Gasteiger partial charge in [-0.3, -0.25) is 0 Å². The van der Waals surface area contributed by atoms with Crippen LogP contribution in [0.5, 0.6) is 0 Å². The van der Waals surface area contributed by atoms with Crippen LogP contribution in [-0.2, 0) is 4.74 Å². The van der Waals surface area contributed by atoms with Gasteiger partial charge in [0.1, 0.15) is 0 Å². The summed E-state index contributed by atoms with van der Waals surface area (Å²) < 4.78 is 5.60. The molecular formula is C10H18O. The molecule has 1 aliphatic rings. The van der Waals surface area contributed by atoms with Crippen molar-refractivity contribution in [2.45, 2.75) is 45.6 Å². The minimum Gasteiger partial charge on any atom is -0.374 e. The van der Waals surface area contributed by atoms with Crippen molar-refractivity contribution >= 4 is 0 Å². The third-order valence-electron chi connectivity index (χ3n) is 2.08. The van der Waals surface area contributed by atoms with Crippen LogP contribution in [0, 0.1) is 0 Å². The highest BCUT2D eigenvalue weighted by Crippen LogP contribution is 2.24. The van der Waals surface area contributed by atoms with Crippen molar-refractivity contribution < 1.29 is 4.74 Å². The van der Waals surface area contributed by atoms with Gasteiger partial charge in [0, 0.05) is 6.61 Å². The van der Waals surface area contributed by atoms with Gasteiger partial charge in [-0.1, -0.05) is 25.8 Å². The molecule has 0 aromatic carbocycles. The number of hydrogen-bond donors (Lipinski definition) is 0. The monoisotopic (exact) mass is 154 g/mol. The van der Waals surface area contributed by atoms with E-state index in [0.29, 0.717) is 6.10 Å².